The Hall–Kier alpha value is -2.17. The van der Waals surface area contributed by atoms with Gasteiger partial charge >= 0.3 is 0 Å². The van der Waals surface area contributed by atoms with E-state index >= 15 is 0 Å². The molecular formula is C15H17N3O2. The standard InChI is InChI=1S/C15H17N3O2/c1-11-5-2-3-8-18(11)15(19)13-9-14(20-17-13)12-6-4-7-16-10-12/h4,6-7,9-11H,2-3,5,8H2,1H3. The van der Waals surface area contributed by atoms with E-state index in [1.165, 1.54) is 6.42 Å². The Bertz CT molecular complexity index is 594. The second kappa shape index (κ2) is 5.45. The largest absolute Gasteiger partial charge is 0.355 e. The van der Waals surface area contributed by atoms with Crippen molar-refractivity contribution in [2.75, 3.05) is 6.54 Å². The van der Waals surface area contributed by atoms with Gasteiger partial charge in [0.1, 0.15) is 0 Å². The van der Waals surface area contributed by atoms with Gasteiger partial charge in [-0.15, -0.1) is 0 Å². The normalized spacial score (nSPS) is 19.1. The lowest BCUT2D eigenvalue weighted by Gasteiger charge is -2.32. The summed E-state index contributed by atoms with van der Waals surface area (Å²) in [4.78, 5) is 18.4. The minimum atomic E-state index is -0.0453. The van der Waals surface area contributed by atoms with Crippen LogP contribution in [0.3, 0.4) is 0 Å². The number of piperidine rings is 1. The summed E-state index contributed by atoms with van der Waals surface area (Å²) in [7, 11) is 0. The molecule has 0 radical (unpaired) electrons. The fourth-order valence-corrected chi connectivity index (χ4v) is 2.57. The van der Waals surface area contributed by atoms with Gasteiger partial charge in [-0.3, -0.25) is 9.78 Å². The number of likely N-dealkylation sites (tertiary alicyclic amines) is 1. The van der Waals surface area contributed by atoms with E-state index in [2.05, 4.69) is 17.1 Å². The molecule has 0 bridgehead atoms. The summed E-state index contributed by atoms with van der Waals surface area (Å²) in [6.07, 6.45) is 6.69. The first kappa shape index (κ1) is 12.8. The van der Waals surface area contributed by atoms with Gasteiger partial charge in [-0.25, -0.2) is 0 Å². The van der Waals surface area contributed by atoms with Crippen molar-refractivity contribution in [2.24, 2.45) is 0 Å². The Morgan fingerprint density at radius 2 is 2.35 bits per heavy atom. The maximum atomic E-state index is 12.4. The quantitative estimate of drug-likeness (QED) is 0.842. The van der Waals surface area contributed by atoms with Gasteiger partial charge in [-0.2, -0.15) is 0 Å². The first-order chi connectivity index (χ1) is 9.75. The molecule has 1 atom stereocenters. The van der Waals surface area contributed by atoms with E-state index in [0.29, 0.717) is 11.5 Å². The first-order valence-electron chi connectivity index (χ1n) is 6.94. The van der Waals surface area contributed by atoms with Crippen LogP contribution >= 0.6 is 0 Å². The van der Waals surface area contributed by atoms with Gasteiger partial charge in [0.15, 0.2) is 11.5 Å². The lowest BCUT2D eigenvalue weighted by atomic mass is 10.0. The number of nitrogens with zero attached hydrogens (tertiary/aromatic N) is 3. The molecule has 5 heteroatoms. The van der Waals surface area contributed by atoms with E-state index in [1.54, 1.807) is 18.5 Å². The highest BCUT2D eigenvalue weighted by Gasteiger charge is 2.26. The smallest absolute Gasteiger partial charge is 0.276 e. The van der Waals surface area contributed by atoms with Crippen molar-refractivity contribution in [3.8, 4) is 11.3 Å². The molecule has 1 aliphatic rings. The number of hydrogen-bond acceptors (Lipinski definition) is 4. The van der Waals surface area contributed by atoms with Gasteiger partial charge in [-0.1, -0.05) is 5.16 Å². The molecule has 5 nitrogen and oxygen atoms in total. The summed E-state index contributed by atoms with van der Waals surface area (Å²) in [5, 5.41) is 3.91. The van der Waals surface area contributed by atoms with Crippen molar-refractivity contribution in [1.82, 2.24) is 15.0 Å². The lowest BCUT2D eigenvalue weighted by molar-refractivity contribution is 0.0625. The molecule has 1 unspecified atom stereocenters. The molecule has 3 heterocycles. The van der Waals surface area contributed by atoms with Crippen molar-refractivity contribution < 1.29 is 9.32 Å². The highest BCUT2D eigenvalue weighted by Crippen LogP contribution is 2.22. The summed E-state index contributed by atoms with van der Waals surface area (Å²) in [6, 6.07) is 5.67. The minimum Gasteiger partial charge on any atom is -0.355 e. The number of hydrogen-bond donors (Lipinski definition) is 0. The predicted molar refractivity (Wildman–Crippen MR) is 74.1 cm³/mol. The number of rotatable bonds is 2. The second-order valence-electron chi connectivity index (χ2n) is 5.16. The van der Waals surface area contributed by atoms with E-state index in [-0.39, 0.29) is 11.9 Å². The molecule has 1 saturated heterocycles. The van der Waals surface area contributed by atoms with Crippen molar-refractivity contribution in [2.45, 2.75) is 32.2 Å². The summed E-state index contributed by atoms with van der Waals surface area (Å²) in [6.45, 7) is 2.88. The predicted octanol–water partition coefficient (Wildman–Crippen LogP) is 2.75. The molecule has 104 valence electrons. The summed E-state index contributed by atoms with van der Waals surface area (Å²) in [5.74, 6) is 0.530. The monoisotopic (exact) mass is 271 g/mol. The third-order valence-electron chi connectivity index (χ3n) is 3.74. The summed E-state index contributed by atoms with van der Waals surface area (Å²) >= 11 is 0. The van der Waals surface area contributed by atoms with Crippen LogP contribution in [0.1, 0.15) is 36.7 Å². The van der Waals surface area contributed by atoms with Crippen LogP contribution in [-0.2, 0) is 0 Å². The Morgan fingerprint density at radius 3 is 3.10 bits per heavy atom. The maximum Gasteiger partial charge on any atom is 0.276 e. The topological polar surface area (TPSA) is 59.2 Å². The van der Waals surface area contributed by atoms with Crippen molar-refractivity contribution in [1.29, 1.82) is 0 Å². The molecule has 1 fully saturated rings. The Morgan fingerprint density at radius 1 is 1.45 bits per heavy atom. The molecule has 2 aromatic rings. The number of carbonyl (C=O) groups excluding carboxylic acids is 1. The van der Waals surface area contributed by atoms with E-state index < -0.39 is 0 Å². The molecule has 0 aromatic carbocycles. The van der Waals surface area contributed by atoms with Crippen LogP contribution < -0.4 is 0 Å². The molecular weight excluding hydrogens is 254 g/mol. The zero-order chi connectivity index (χ0) is 13.9. The maximum absolute atomic E-state index is 12.4. The van der Waals surface area contributed by atoms with Gasteiger partial charge in [0.05, 0.1) is 0 Å². The van der Waals surface area contributed by atoms with Crippen molar-refractivity contribution in [3.63, 3.8) is 0 Å². The molecule has 0 saturated carbocycles. The highest BCUT2D eigenvalue weighted by atomic mass is 16.5. The molecule has 0 spiro atoms. The van der Waals surface area contributed by atoms with E-state index in [1.807, 2.05) is 17.0 Å². The van der Waals surface area contributed by atoms with Crippen molar-refractivity contribution in [3.05, 3.63) is 36.3 Å². The van der Waals surface area contributed by atoms with Crippen LogP contribution in [0.15, 0.2) is 35.1 Å². The zero-order valence-corrected chi connectivity index (χ0v) is 11.5. The van der Waals surface area contributed by atoms with Crippen molar-refractivity contribution >= 4 is 5.91 Å². The molecule has 1 amide bonds. The molecule has 3 rings (SSSR count). The van der Waals surface area contributed by atoms with E-state index in [4.69, 9.17) is 4.52 Å². The Balaban J connectivity index is 1.81. The van der Waals surface area contributed by atoms with E-state index in [0.717, 1.165) is 24.9 Å². The average molecular weight is 271 g/mol. The van der Waals surface area contributed by atoms with Crippen LogP contribution in [-0.4, -0.2) is 33.5 Å². The van der Waals surface area contributed by atoms with E-state index in [9.17, 15) is 4.79 Å². The third-order valence-corrected chi connectivity index (χ3v) is 3.74. The number of carbonyl (C=O) groups is 1. The lowest BCUT2D eigenvalue weighted by Crippen LogP contribution is -2.42. The third kappa shape index (κ3) is 2.43. The number of amides is 1. The SMILES string of the molecule is CC1CCCCN1C(=O)c1cc(-c2cccnc2)on1. The Kier molecular flexibility index (Phi) is 3.50. The van der Waals surface area contributed by atoms with Crippen LogP contribution in [0.25, 0.3) is 11.3 Å². The zero-order valence-electron chi connectivity index (χ0n) is 11.5. The molecule has 0 N–H and O–H groups in total. The first-order valence-corrected chi connectivity index (χ1v) is 6.94. The highest BCUT2D eigenvalue weighted by molar-refractivity contribution is 5.93. The van der Waals surface area contributed by atoms with Crippen LogP contribution in [0, 0.1) is 0 Å². The van der Waals surface area contributed by atoms with Crippen LogP contribution in [0.5, 0.6) is 0 Å². The summed E-state index contributed by atoms with van der Waals surface area (Å²) < 4.78 is 5.26. The Labute approximate surface area is 117 Å². The fraction of sp³-hybridized carbons (Fsp3) is 0.400. The van der Waals surface area contributed by atoms with Gasteiger partial charge in [0, 0.05) is 36.6 Å². The van der Waals surface area contributed by atoms with Crippen LogP contribution in [0.2, 0.25) is 0 Å². The summed E-state index contributed by atoms with van der Waals surface area (Å²) in [5.41, 5.74) is 1.20. The molecule has 1 aliphatic heterocycles. The minimum absolute atomic E-state index is 0.0453. The van der Waals surface area contributed by atoms with Gasteiger partial charge in [0.2, 0.25) is 0 Å². The second-order valence-corrected chi connectivity index (χ2v) is 5.16. The molecule has 2 aromatic heterocycles. The fourth-order valence-electron chi connectivity index (χ4n) is 2.57. The molecule has 20 heavy (non-hydrogen) atoms. The van der Waals surface area contributed by atoms with Gasteiger partial charge in [-0.05, 0) is 38.3 Å². The molecule has 0 aliphatic carbocycles. The van der Waals surface area contributed by atoms with Gasteiger partial charge < -0.3 is 9.42 Å². The number of aromatic nitrogens is 2. The van der Waals surface area contributed by atoms with Gasteiger partial charge in [0.25, 0.3) is 5.91 Å². The van der Waals surface area contributed by atoms with Crippen LogP contribution in [0.4, 0.5) is 0 Å². The average Bonchev–Trinajstić information content (AvgIpc) is 2.98. The number of pyridine rings is 1.